The van der Waals surface area contributed by atoms with E-state index >= 15 is 0 Å². The Hall–Kier alpha value is -4.43. The first kappa shape index (κ1) is 34.6. The molecular weight excluding hydrogens is 543 g/mol. The quantitative estimate of drug-likeness (QED) is 0.0472. The lowest BCUT2D eigenvalue weighted by atomic mass is 10.1. The number of nitrogens with zero attached hydrogens (tertiary/aromatic N) is 1. The molecular formula is C27H38F3N7O4. The number of carbonyl (C=O) groups excluding carboxylic acids is 2. The number of alkyl halides is 3. The van der Waals surface area contributed by atoms with Crippen molar-refractivity contribution in [2.75, 3.05) is 19.6 Å². The van der Waals surface area contributed by atoms with Crippen LogP contribution in [0.25, 0.3) is 0 Å². The average Bonchev–Trinajstić information content (AvgIpc) is 2.91. The Morgan fingerprint density at radius 2 is 1.88 bits per heavy atom. The van der Waals surface area contributed by atoms with E-state index < -0.39 is 30.0 Å². The minimum absolute atomic E-state index is 0.0381. The van der Waals surface area contributed by atoms with Crippen molar-refractivity contribution in [2.24, 2.45) is 17.3 Å². The van der Waals surface area contributed by atoms with Crippen LogP contribution >= 0.6 is 0 Å². The van der Waals surface area contributed by atoms with Crippen LogP contribution in [0.1, 0.15) is 25.3 Å². The third-order valence-electron chi connectivity index (χ3n) is 5.26. The van der Waals surface area contributed by atoms with E-state index in [4.69, 9.17) is 17.3 Å². The van der Waals surface area contributed by atoms with Gasteiger partial charge in [0, 0.05) is 38.6 Å². The molecule has 0 spiro atoms. The second-order valence-corrected chi connectivity index (χ2v) is 8.57. The maximum absolute atomic E-state index is 12.3. The van der Waals surface area contributed by atoms with Gasteiger partial charge in [-0.05, 0) is 43.0 Å². The van der Waals surface area contributed by atoms with E-state index in [1.165, 1.54) is 29.5 Å². The lowest BCUT2D eigenvalue weighted by molar-refractivity contribution is -0.274. The summed E-state index contributed by atoms with van der Waals surface area (Å²) in [7, 11) is 0. The first-order chi connectivity index (χ1) is 19.4. The number of hydrogen-bond acceptors (Lipinski definition) is 9. The second-order valence-electron chi connectivity index (χ2n) is 8.57. The van der Waals surface area contributed by atoms with Gasteiger partial charge in [0.1, 0.15) is 17.1 Å². The summed E-state index contributed by atoms with van der Waals surface area (Å²) in [6, 6.07) is 5.23. The van der Waals surface area contributed by atoms with E-state index in [1.54, 1.807) is 31.2 Å². The molecule has 41 heavy (non-hydrogen) atoms. The number of allylic oxidation sites excluding steroid dienone is 3. The van der Waals surface area contributed by atoms with Gasteiger partial charge in [-0.1, -0.05) is 43.0 Å². The number of aliphatic hydroxyl groups excluding tert-OH is 1. The topological polar surface area (TPSA) is 181 Å². The number of halogens is 3. The van der Waals surface area contributed by atoms with Crippen molar-refractivity contribution < 1.29 is 32.6 Å². The number of nitrogens with two attached hydrogens (primary N) is 3. The van der Waals surface area contributed by atoms with Gasteiger partial charge in [-0.2, -0.15) is 0 Å². The summed E-state index contributed by atoms with van der Waals surface area (Å²) in [5.41, 5.74) is 12.3. The summed E-state index contributed by atoms with van der Waals surface area (Å²) < 4.78 is 40.9. The Bertz CT molecular complexity index is 1130. The minimum atomic E-state index is -4.81. The van der Waals surface area contributed by atoms with Gasteiger partial charge in [-0.3, -0.25) is 9.59 Å². The molecule has 0 aliphatic carbocycles. The Kier molecular flexibility index (Phi) is 15.2. The standard InChI is InChI=1S/C27H38F3N7O4/c1-3-5-10-20(4-2)24(38)17-36-26(40)23(32)18-37(33)13-7-6-12-34-16-22(31)25(39)35-15-19-9-8-11-21(14-19)41-27(28,29)30/h3-5,8-11,14,16,18,24,34,38H,1,6-7,12-13,15,17,31-33H2,2H3,(H,35,39)(H,36,40)/b10-5-,20-4+,22-16-,23-18-. The number of hydrazine groups is 1. The van der Waals surface area contributed by atoms with E-state index in [2.05, 4.69) is 27.3 Å². The van der Waals surface area contributed by atoms with Crippen LogP contribution in [0.5, 0.6) is 5.75 Å². The smallest absolute Gasteiger partial charge is 0.406 e. The lowest BCUT2D eigenvalue weighted by Crippen LogP contribution is -2.37. The summed E-state index contributed by atoms with van der Waals surface area (Å²) in [6.45, 7) is 6.09. The summed E-state index contributed by atoms with van der Waals surface area (Å²) in [4.78, 5) is 24.3. The predicted molar refractivity (Wildman–Crippen MR) is 150 cm³/mol. The van der Waals surface area contributed by atoms with Crippen molar-refractivity contribution in [2.45, 2.75) is 38.8 Å². The van der Waals surface area contributed by atoms with Crippen molar-refractivity contribution in [3.63, 3.8) is 0 Å². The molecule has 0 radical (unpaired) electrons. The first-order valence-corrected chi connectivity index (χ1v) is 12.6. The molecule has 0 heterocycles. The monoisotopic (exact) mass is 581 g/mol. The lowest BCUT2D eigenvalue weighted by Gasteiger charge is -2.16. The highest BCUT2D eigenvalue weighted by Gasteiger charge is 2.31. The number of unbranched alkanes of at least 4 members (excludes halogenated alkanes) is 1. The highest BCUT2D eigenvalue weighted by molar-refractivity contribution is 5.92. The molecule has 2 amide bonds. The van der Waals surface area contributed by atoms with Crippen molar-refractivity contribution in [3.8, 4) is 5.75 Å². The van der Waals surface area contributed by atoms with Crippen LogP contribution in [0.4, 0.5) is 13.2 Å². The van der Waals surface area contributed by atoms with E-state index in [0.717, 1.165) is 12.1 Å². The molecule has 11 nitrogen and oxygen atoms in total. The molecule has 1 aromatic carbocycles. The summed E-state index contributed by atoms with van der Waals surface area (Å²) in [5, 5.41) is 19.4. The van der Waals surface area contributed by atoms with Crippen LogP contribution in [0, 0.1) is 0 Å². The Labute approximate surface area is 237 Å². The third-order valence-corrected chi connectivity index (χ3v) is 5.26. The highest BCUT2D eigenvalue weighted by Crippen LogP contribution is 2.23. The maximum Gasteiger partial charge on any atom is 0.573 e. The van der Waals surface area contributed by atoms with Gasteiger partial charge in [0.15, 0.2) is 0 Å². The van der Waals surface area contributed by atoms with E-state index in [1.807, 2.05) is 0 Å². The third kappa shape index (κ3) is 15.1. The van der Waals surface area contributed by atoms with Gasteiger partial charge in [0.05, 0.1) is 6.10 Å². The fourth-order valence-electron chi connectivity index (χ4n) is 3.20. The molecule has 0 fully saturated rings. The zero-order valence-electron chi connectivity index (χ0n) is 22.8. The number of aliphatic hydroxyl groups is 1. The summed E-state index contributed by atoms with van der Waals surface area (Å²) >= 11 is 0. The molecule has 0 aromatic heterocycles. The first-order valence-electron chi connectivity index (χ1n) is 12.6. The molecule has 0 saturated carbocycles. The fraction of sp³-hybridized carbons (Fsp3) is 0.333. The zero-order chi connectivity index (χ0) is 30.8. The zero-order valence-corrected chi connectivity index (χ0v) is 22.8. The van der Waals surface area contributed by atoms with Crippen LogP contribution < -0.4 is 38.0 Å². The van der Waals surface area contributed by atoms with Gasteiger partial charge in [-0.15, -0.1) is 13.2 Å². The van der Waals surface area contributed by atoms with Crippen LogP contribution in [-0.2, 0) is 16.1 Å². The number of amides is 2. The van der Waals surface area contributed by atoms with Crippen molar-refractivity contribution in [1.82, 2.24) is 21.0 Å². The predicted octanol–water partition coefficient (Wildman–Crippen LogP) is 1.51. The van der Waals surface area contributed by atoms with Crippen molar-refractivity contribution in [3.05, 3.63) is 90.1 Å². The van der Waals surface area contributed by atoms with Crippen LogP contribution in [-0.4, -0.2) is 54.0 Å². The molecule has 0 saturated heterocycles. The van der Waals surface area contributed by atoms with Gasteiger partial charge in [-0.25, -0.2) is 5.84 Å². The minimum Gasteiger partial charge on any atom is -0.406 e. The molecule has 14 heteroatoms. The van der Waals surface area contributed by atoms with Crippen LogP contribution in [0.3, 0.4) is 0 Å². The molecule has 0 aliphatic heterocycles. The molecule has 10 N–H and O–H groups in total. The number of benzene rings is 1. The molecule has 1 atom stereocenters. The molecule has 0 aliphatic rings. The summed E-state index contributed by atoms with van der Waals surface area (Å²) in [5.74, 6) is 4.30. The van der Waals surface area contributed by atoms with E-state index in [9.17, 15) is 27.9 Å². The van der Waals surface area contributed by atoms with E-state index in [-0.39, 0.29) is 24.5 Å². The number of hydrogen-bond donors (Lipinski definition) is 7. The average molecular weight is 582 g/mol. The van der Waals surface area contributed by atoms with Crippen molar-refractivity contribution in [1.29, 1.82) is 0 Å². The molecule has 1 aromatic rings. The Balaban J connectivity index is 2.35. The Morgan fingerprint density at radius 1 is 1.17 bits per heavy atom. The van der Waals surface area contributed by atoms with Crippen molar-refractivity contribution >= 4 is 11.8 Å². The summed E-state index contributed by atoms with van der Waals surface area (Å²) in [6.07, 6.45) is 4.79. The van der Waals surface area contributed by atoms with Crippen LogP contribution in [0.15, 0.2) is 84.5 Å². The normalized spacial score (nSPS) is 13.5. The van der Waals surface area contributed by atoms with Gasteiger partial charge < -0.3 is 42.3 Å². The molecule has 1 rings (SSSR count). The number of carbonyl (C=O) groups is 2. The number of nitrogens with one attached hydrogen (secondary N) is 3. The molecule has 1 unspecified atom stereocenters. The largest absolute Gasteiger partial charge is 0.573 e. The van der Waals surface area contributed by atoms with Gasteiger partial charge in [0.25, 0.3) is 11.8 Å². The number of rotatable bonds is 17. The van der Waals surface area contributed by atoms with Gasteiger partial charge in [0.2, 0.25) is 0 Å². The molecule has 226 valence electrons. The highest BCUT2D eigenvalue weighted by atomic mass is 19.4. The fourth-order valence-corrected chi connectivity index (χ4v) is 3.20. The van der Waals surface area contributed by atoms with Gasteiger partial charge >= 0.3 is 6.36 Å². The number of ether oxygens (including phenoxy) is 1. The van der Waals surface area contributed by atoms with E-state index in [0.29, 0.717) is 37.1 Å². The van der Waals surface area contributed by atoms with Crippen LogP contribution in [0.2, 0.25) is 0 Å². The Morgan fingerprint density at radius 3 is 2.54 bits per heavy atom. The molecule has 0 bridgehead atoms. The second kappa shape index (κ2) is 18.0. The maximum atomic E-state index is 12.3. The SMILES string of the molecule is C=C/C=C\C(=C/C)C(O)CNC(=O)/C(N)=C/N(N)CCCCN/C=C(\N)C(=O)NCc1cccc(OC(F)(F)F)c1.